The number of rotatable bonds is 4. The van der Waals surface area contributed by atoms with Crippen molar-refractivity contribution in [3.8, 4) is 0 Å². The van der Waals surface area contributed by atoms with Gasteiger partial charge >= 0.3 is 11.9 Å². The number of benzene rings is 1. The SMILES string of the molecule is COC1=N[C@@]2(CC[C@H](OC(=O)[C@@H](OC)c3ccccc3)C2)C(=O)O[C@@]1(C)C(C)(C)C. The largest absolute Gasteiger partial charge is 0.481 e. The predicted molar refractivity (Wildman–Crippen MR) is 111 cm³/mol. The van der Waals surface area contributed by atoms with E-state index in [1.54, 1.807) is 0 Å². The van der Waals surface area contributed by atoms with E-state index in [4.69, 9.17) is 23.9 Å². The molecule has 1 saturated carbocycles. The number of carbonyl (C=O) groups is 2. The molecule has 0 unspecified atom stereocenters. The van der Waals surface area contributed by atoms with Crippen molar-refractivity contribution in [2.45, 2.75) is 70.3 Å². The molecule has 4 atom stereocenters. The summed E-state index contributed by atoms with van der Waals surface area (Å²) in [4.78, 5) is 30.5. The van der Waals surface area contributed by atoms with Gasteiger partial charge in [0.15, 0.2) is 17.2 Å². The van der Waals surface area contributed by atoms with Crippen LogP contribution in [0.3, 0.4) is 0 Å². The normalized spacial score (nSPS) is 29.9. The minimum absolute atomic E-state index is 0.260. The molecule has 0 bridgehead atoms. The Morgan fingerprint density at radius 3 is 2.47 bits per heavy atom. The maximum atomic E-state index is 13.0. The summed E-state index contributed by atoms with van der Waals surface area (Å²) < 4.78 is 22.5. The molecule has 2 aliphatic rings. The number of aliphatic imine (C=N–C) groups is 1. The van der Waals surface area contributed by atoms with E-state index >= 15 is 0 Å². The van der Waals surface area contributed by atoms with Crippen LogP contribution < -0.4 is 0 Å². The highest BCUT2D eigenvalue weighted by molar-refractivity contribution is 5.97. The van der Waals surface area contributed by atoms with Crippen LogP contribution in [0.5, 0.6) is 0 Å². The highest BCUT2D eigenvalue weighted by Gasteiger charge is 2.59. The standard InChI is InChI=1S/C23H31NO6/c1-21(2,3)22(4)19(28-6)24-23(20(26)30-22)13-12-16(14-23)29-18(25)17(27-5)15-10-8-7-9-11-15/h7-11,16-17H,12-14H2,1-6H3/t16-,17-,22+,23+/m0/s1. The minimum Gasteiger partial charge on any atom is -0.481 e. The van der Waals surface area contributed by atoms with E-state index in [1.807, 2.05) is 58.0 Å². The maximum absolute atomic E-state index is 13.0. The Balaban J connectivity index is 1.78. The third kappa shape index (κ3) is 3.83. The quantitative estimate of drug-likeness (QED) is 0.696. The lowest BCUT2D eigenvalue weighted by molar-refractivity contribution is -0.173. The number of esters is 2. The summed E-state index contributed by atoms with van der Waals surface area (Å²) >= 11 is 0. The molecular formula is C23H31NO6. The number of ether oxygens (including phenoxy) is 4. The summed E-state index contributed by atoms with van der Waals surface area (Å²) in [5.41, 5.74) is -1.73. The first-order chi connectivity index (χ1) is 14.1. The molecule has 7 nitrogen and oxygen atoms in total. The second kappa shape index (κ2) is 8.02. The molecule has 1 aromatic rings. The first kappa shape index (κ1) is 22.3. The van der Waals surface area contributed by atoms with E-state index in [0.29, 0.717) is 18.7 Å². The molecular weight excluding hydrogens is 386 g/mol. The van der Waals surface area contributed by atoms with Gasteiger partial charge in [-0.2, -0.15) is 0 Å². The Morgan fingerprint density at radius 2 is 1.90 bits per heavy atom. The zero-order chi connectivity index (χ0) is 22.2. The van der Waals surface area contributed by atoms with Crippen LogP contribution in [0.25, 0.3) is 0 Å². The van der Waals surface area contributed by atoms with Crippen LogP contribution in [-0.4, -0.2) is 49.3 Å². The van der Waals surface area contributed by atoms with Crippen molar-refractivity contribution in [2.24, 2.45) is 10.4 Å². The lowest BCUT2D eigenvalue weighted by Crippen LogP contribution is -2.59. The molecule has 1 spiro atoms. The van der Waals surface area contributed by atoms with E-state index < -0.39 is 40.7 Å². The molecule has 7 heteroatoms. The Labute approximate surface area is 177 Å². The predicted octanol–water partition coefficient (Wildman–Crippen LogP) is 3.62. The van der Waals surface area contributed by atoms with Crippen LogP contribution in [-0.2, 0) is 28.5 Å². The second-order valence-corrected chi connectivity index (χ2v) is 9.15. The molecule has 30 heavy (non-hydrogen) atoms. The minimum atomic E-state index is -1.09. The first-order valence-electron chi connectivity index (χ1n) is 10.2. The van der Waals surface area contributed by atoms with E-state index in [-0.39, 0.29) is 6.42 Å². The fourth-order valence-electron chi connectivity index (χ4n) is 3.98. The average Bonchev–Trinajstić information content (AvgIpc) is 3.09. The van der Waals surface area contributed by atoms with Crippen LogP contribution in [0.1, 0.15) is 58.6 Å². The fraction of sp³-hybridized carbons (Fsp3) is 0.609. The molecule has 0 radical (unpaired) electrons. The molecule has 164 valence electrons. The van der Waals surface area contributed by atoms with Gasteiger partial charge in [0, 0.05) is 18.9 Å². The summed E-state index contributed by atoms with van der Waals surface area (Å²) in [5.74, 6) is -0.489. The van der Waals surface area contributed by atoms with Crippen molar-refractivity contribution in [2.75, 3.05) is 14.2 Å². The summed E-state index contributed by atoms with van der Waals surface area (Å²) in [6.07, 6.45) is -0.0651. The lowest BCUT2D eigenvalue weighted by atomic mass is 9.76. The van der Waals surface area contributed by atoms with Gasteiger partial charge in [0.25, 0.3) is 0 Å². The smallest absolute Gasteiger partial charge is 0.340 e. The topological polar surface area (TPSA) is 83.4 Å². The average molecular weight is 418 g/mol. The van der Waals surface area contributed by atoms with Gasteiger partial charge in [-0.1, -0.05) is 51.1 Å². The Bertz CT molecular complexity index is 830. The maximum Gasteiger partial charge on any atom is 0.340 e. The van der Waals surface area contributed by atoms with E-state index in [1.165, 1.54) is 14.2 Å². The highest BCUT2D eigenvalue weighted by Crippen LogP contribution is 2.46. The zero-order valence-electron chi connectivity index (χ0n) is 18.6. The third-order valence-corrected chi connectivity index (χ3v) is 6.31. The monoisotopic (exact) mass is 417 g/mol. The third-order valence-electron chi connectivity index (χ3n) is 6.31. The van der Waals surface area contributed by atoms with E-state index in [0.717, 1.165) is 5.56 Å². The van der Waals surface area contributed by atoms with Crippen LogP contribution in [0.15, 0.2) is 35.3 Å². The van der Waals surface area contributed by atoms with Crippen molar-refractivity contribution in [1.29, 1.82) is 0 Å². The number of nitrogens with zero attached hydrogens (tertiary/aromatic N) is 1. The number of hydrogen-bond donors (Lipinski definition) is 0. The van der Waals surface area contributed by atoms with Gasteiger partial charge in [-0.3, -0.25) is 0 Å². The second-order valence-electron chi connectivity index (χ2n) is 9.15. The molecule has 1 aliphatic carbocycles. The first-order valence-corrected chi connectivity index (χ1v) is 10.2. The lowest BCUT2D eigenvalue weighted by Gasteiger charge is -2.45. The molecule has 1 aromatic carbocycles. The van der Waals surface area contributed by atoms with Gasteiger partial charge in [0.05, 0.1) is 7.11 Å². The van der Waals surface area contributed by atoms with Crippen molar-refractivity contribution in [1.82, 2.24) is 0 Å². The van der Waals surface area contributed by atoms with Crippen LogP contribution in [0.2, 0.25) is 0 Å². The van der Waals surface area contributed by atoms with E-state index in [9.17, 15) is 9.59 Å². The van der Waals surface area contributed by atoms with Crippen molar-refractivity contribution < 1.29 is 28.5 Å². The summed E-state index contributed by atoms with van der Waals surface area (Å²) in [6.45, 7) is 7.73. The van der Waals surface area contributed by atoms with Gasteiger partial charge in [0.2, 0.25) is 5.90 Å². The molecule has 1 heterocycles. The number of methoxy groups -OCH3 is 2. The zero-order valence-corrected chi connectivity index (χ0v) is 18.6. The van der Waals surface area contributed by atoms with Crippen LogP contribution in [0.4, 0.5) is 0 Å². The van der Waals surface area contributed by atoms with E-state index in [2.05, 4.69) is 0 Å². The molecule has 1 aliphatic heterocycles. The van der Waals surface area contributed by atoms with Gasteiger partial charge in [-0.05, 0) is 25.3 Å². The Morgan fingerprint density at radius 1 is 1.23 bits per heavy atom. The van der Waals surface area contributed by atoms with Gasteiger partial charge in [-0.15, -0.1) is 0 Å². The number of cyclic esters (lactones) is 1. The molecule has 0 amide bonds. The number of carbonyl (C=O) groups excluding carboxylic acids is 2. The summed E-state index contributed by atoms with van der Waals surface area (Å²) in [5, 5.41) is 0. The fourth-order valence-corrected chi connectivity index (χ4v) is 3.98. The van der Waals surface area contributed by atoms with Gasteiger partial charge in [0.1, 0.15) is 6.10 Å². The van der Waals surface area contributed by atoms with Crippen molar-refractivity contribution in [3.05, 3.63) is 35.9 Å². The van der Waals surface area contributed by atoms with Crippen molar-refractivity contribution >= 4 is 17.8 Å². The number of hydrogen-bond acceptors (Lipinski definition) is 7. The van der Waals surface area contributed by atoms with Crippen LogP contribution >= 0.6 is 0 Å². The molecule has 1 fully saturated rings. The summed E-state index contributed by atoms with van der Waals surface area (Å²) in [6, 6.07) is 9.17. The van der Waals surface area contributed by atoms with Gasteiger partial charge in [-0.25, -0.2) is 14.6 Å². The Kier molecular flexibility index (Phi) is 5.96. The van der Waals surface area contributed by atoms with Crippen molar-refractivity contribution in [3.63, 3.8) is 0 Å². The summed E-state index contributed by atoms with van der Waals surface area (Å²) in [7, 11) is 3.00. The van der Waals surface area contributed by atoms with Crippen LogP contribution in [0, 0.1) is 5.41 Å². The van der Waals surface area contributed by atoms with Gasteiger partial charge < -0.3 is 18.9 Å². The molecule has 3 rings (SSSR count). The Hall–Kier alpha value is -2.41. The molecule has 0 N–H and O–H groups in total. The molecule has 0 saturated heterocycles. The highest BCUT2D eigenvalue weighted by atomic mass is 16.6. The molecule has 0 aromatic heterocycles.